The minimum absolute atomic E-state index is 0.0824. The van der Waals surface area contributed by atoms with Crippen LogP contribution >= 0.6 is 0 Å². The zero-order valence-corrected chi connectivity index (χ0v) is 11.7. The second kappa shape index (κ2) is 5.62. The summed E-state index contributed by atoms with van der Waals surface area (Å²) in [5, 5.41) is 12.0. The number of rotatable bonds is 2. The number of imide groups is 1. The molecule has 0 radical (unpaired) electrons. The Hall–Kier alpha value is -3.06. The Balaban J connectivity index is 1.84. The van der Waals surface area contributed by atoms with Crippen molar-refractivity contribution in [3.63, 3.8) is 0 Å². The van der Waals surface area contributed by atoms with E-state index in [1.165, 1.54) is 42.5 Å². The molecule has 2 aromatic rings. The van der Waals surface area contributed by atoms with Crippen LogP contribution in [0.3, 0.4) is 0 Å². The first kappa shape index (κ1) is 14.9. The average Bonchev–Trinajstić information content (AvgIpc) is 2.53. The number of nitrogens with one attached hydrogen (secondary N) is 1. The lowest BCUT2D eigenvalue weighted by atomic mass is 9.99. The fraction of sp³-hybridized carbons (Fsp3) is 0.0625. The predicted octanol–water partition coefficient (Wildman–Crippen LogP) is 1.99. The summed E-state index contributed by atoms with van der Waals surface area (Å²) in [5.74, 6) is -2.42. The largest absolute Gasteiger partial charge is 0.322 e. The first-order valence-corrected chi connectivity index (χ1v) is 6.72. The van der Waals surface area contributed by atoms with Gasteiger partial charge in [-0.15, -0.1) is 0 Å². The summed E-state index contributed by atoms with van der Waals surface area (Å²) in [6, 6.07) is 9.46. The lowest BCUT2D eigenvalue weighted by Gasteiger charge is -2.21. The van der Waals surface area contributed by atoms with Crippen LogP contribution < -0.4 is 5.32 Å². The number of carbonyl (C=O) groups excluding carboxylic acids is 3. The van der Waals surface area contributed by atoms with Crippen LogP contribution in [-0.4, -0.2) is 28.0 Å². The fourth-order valence-electron chi connectivity index (χ4n) is 2.30. The van der Waals surface area contributed by atoms with E-state index in [-0.39, 0.29) is 22.6 Å². The van der Waals surface area contributed by atoms with Crippen LogP contribution in [0.1, 0.15) is 26.3 Å². The van der Waals surface area contributed by atoms with E-state index in [2.05, 4.69) is 5.32 Å². The molecule has 116 valence electrons. The zero-order chi connectivity index (χ0) is 16.6. The number of amides is 3. The van der Waals surface area contributed by atoms with Crippen molar-refractivity contribution in [3.8, 4) is 0 Å². The van der Waals surface area contributed by atoms with Gasteiger partial charge >= 0.3 is 0 Å². The van der Waals surface area contributed by atoms with Crippen LogP contribution in [-0.2, 0) is 11.2 Å². The van der Waals surface area contributed by atoms with E-state index in [4.69, 9.17) is 0 Å². The average molecular weight is 314 g/mol. The van der Waals surface area contributed by atoms with E-state index in [1.807, 2.05) is 0 Å². The van der Waals surface area contributed by atoms with Crippen molar-refractivity contribution in [2.45, 2.75) is 6.42 Å². The van der Waals surface area contributed by atoms with Gasteiger partial charge in [0.2, 0.25) is 0 Å². The maximum atomic E-state index is 12.9. The topological polar surface area (TPSA) is 86.7 Å². The molecule has 0 aromatic heterocycles. The summed E-state index contributed by atoms with van der Waals surface area (Å²) in [5.41, 5.74) is 1.29. The molecule has 23 heavy (non-hydrogen) atoms. The molecular formula is C16H11FN2O4. The number of carbonyl (C=O) groups is 3. The zero-order valence-electron chi connectivity index (χ0n) is 11.7. The molecule has 0 fully saturated rings. The fourth-order valence-corrected chi connectivity index (χ4v) is 2.30. The minimum Gasteiger partial charge on any atom is -0.322 e. The quantitative estimate of drug-likeness (QED) is 0.655. The van der Waals surface area contributed by atoms with Crippen molar-refractivity contribution in [1.29, 1.82) is 0 Å². The first-order valence-electron chi connectivity index (χ1n) is 6.72. The van der Waals surface area contributed by atoms with Crippen LogP contribution in [0.2, 0.25) is 0 Å². The Labute approximate surface area is 130 Å². The highest BCUT2D eigenvalue weighted by molar-refractivity contribution is 6.09. The molecule has 6 nitrogen and oxygen atoms in total. The maximum Gasteiger partial charge on any atom is 0.284 e. The number of nitrogens with zero attached hydrogens (tertiary/aromatic N) is 1. The number of hydrogen-bond donors (Lipinski definition) is 2. The van der Waals surface area contributed by atoms with E-state index in [0.717, 1.165) is 0 Å². The minimum atomic E-state index is -0.798. The number of benzene rings is 2. The van der Waals surface area contributed by atoms with Gasteiger partial charge in [0.25, 0.3) is 17.7 Å². The molecule has 1 aliphatic rings. The van der Waals surface area contributed by atoms with Crippen LogP contribution in [0.4, 0.5) is 10.1 Å². The molecule has 3 amide bonds. The Kier molecular flexibility index (Phi) is 3.63. The second-order valence-electron chi connectivity index (χ2n) is 5.02. The van der Waals surface area contributed by atoms with Crippen LogP contribution in [0.5, 0.6) is 0 Å². The number of hydroxylamine groups is 2. The molecule has 0 atom stereocenters. The Morgan fingerprint density at radius 1 is 1.13 bits per heavy atom. The monoisotopic (exact) mass is 314 g/mol. The molecule has 0 spiro atoms. The van der Waals surface area contributed by atoms with Crippen LogP contribution in [0, 0.1) is 5.82 Å². The predicted molar refractivity (Wildman–Crippen MR) is 77.5 cm³/mol. The molecule has 0 unspecified atom stereocenters. The summed E-state index contributed by atoms with van der Waals surface area (Å²) in [6.07, 6.45) is -0.141. The van der Waals surface area contributed by atoms with Gasteiger partial charge in [-0.1, -0.05) is 0 Å². The lowest BCUT2D eigenvalue weighted by molar-refractivity contribution is -0.153. The smallest absolute Gasteiger partial charge is 0.284 e. The lowest BCUT2D eigenvalue weighted by Crippen LogP contribution is -2.39. The van der Waals surface area contributed by atoms with Crippen molar-refractivity contribution in [2.75, 3.05) is 5.32 Å². The molecule has 2 N–H and O–H groups in total. The van der Waals surface area contributed by atoms with Gasteiger partial charge in [0, 0.05) is 16.8 Å². The van der Waals surface area contributed by atoms with Crippen LogP contribution in [0.15, 0.2) is 42.5 Å². The molecule has 2 aromatic carbocycles. The summed E-state index contributed by atoms with van der Waals surface area (Å²) in [4.78, 5) is 35.3. The molecule has 7 heteroatoms. The van der Waals surface area contributed by atoms with E-state index >= 15 is 0 Å². The van der Waals surface area contributed by atoms with Crippen molar-refractivity contribution in [3.05, 3.63) is 65.0 Å². The molecule has 0 bridgehead atoms. The molecule has 1 heterocycles. The van der Waals surface area contributed by atoms with Crippen molar-refractivity contribution >= 4 is 23.4 Å². The first-order chi connectivity index (χ1) is 11.0. The van der Waals surface area contributed by atoms with Gasteiger partial charge in [-0.05, 0) is 48.0 Å². The van der Waals surface area contributed by atoms with Gasteiger partial charge in [-0.25, -0.2) is 4.39 Å². The Morgan fingerprint density at radius 2 is 1.83 bits per heavy atom. The third-order valence-corrected chi connectivity index (χ3v) is 3.47. The van der Waals surface area contributed by atoms with Gasteiger partial charge < -0.3 is 5.32 Å². The normalized spacial score (nSPS) is 13.7. The highest BCUT2D eigenvalue weighted by Gasteiger charge is 2.30. The van der Waals surface area contributed by atoms with E-state index < -0.39 is 23.5 Å². The SMILES string of the molecule is O=C(Nc1ccc2c(c1)CC(=O)N(O)C2=O)c1ccc(F)cc1. The third kappa shape index (κ3) is 2.82. The number of halogens is 1. The van der Waals surface area contributed by atoms with E-state index in [9.17, 15) is 24.0 Å². The van der Waals surface area contributed by atoms with Crippen molar-refractivity contribution in [2.24, 2.45) is 0 Å². The molecule has 0 saturated carbocycles. The third-order valence-electron chi connectivity index (χ3n) is 3.47. The molecule has 0 saturated heterocycles. The van der Waals surface area contributed by atoms with Crippen molar-refractivity contribution in [1.82, 2.24) is 5.06 Å². The molecule has 1 aliphatic heterocycles. The van der Waals surface area contributed by atoms with E-state index in [0.29, 0.717) is 11.3 Å². The van der Waals surface area contributed by atoms with Gasteiger partial charge in [0.15, 0.2) is 0 Å². The van der Waals surface area contributed by atoms with Gasteiger partial charge in [0.1, 0.15) is 5.82 Å². The van der Waals surface area contributed by atoms with Gasteiger partial charge in [-0.3, -0.25) is 19.6 Å². The van der Waals surface area contributed by atoms with Crippen molar-refractivity contribution < 1.29 is 24.0 Å². The highest BCUT2D eigenvalue weighted by Crippen LogP contribution is 2.23. The molecule has 0 aliphatic carbocycles. The summed E-state index contributed by atoms with van der Waals surface area (Å²) in [7, 11) is 0. The summed E-state index contributed by atoms with van der Waals surface area (Å²) >= 11 is 0. The van der Waals surface area contributed by atoms with Gasteiger partial charge in [-0.2, -0.15) is 5.06 Å². The summed E-state index contributed by atoms with van der Waals surface area (Å²) < 4.78 is 12.9. The number of anilines is 1. The Bertz CT molecular complexity index is 817. The van der Waals surface area contributed by atoms with E-state index in [1.54, 1.807) is 0 Å². The molecular weight excluding hydrogens is 303 g/mol. The standard InChI is InChI=1S/C16H11FN2O4/c17-11-3-1-9(2-4-11)15(21)18-12-5-6-13-10(7-12)8-14(20)19(23)16(13)22/h1-7,23H,8H2,(H,18,21). The molecule has 3 rings (SSSR count). The van der Waals surface area contributed by atoms with Crippen LogP contribution in [0.25, 0.3) is 0 Å². The summed E-state index contributed by atoms with van der Waals surface area (Å²) in [6.45, 7) is 0. The number of hydrogen-bond acceptors (Lipinski definition) is 4. The maximum absolute atomic E-state index is 12.9. The van der Waals surface area contributed by atoms with Gasteiger partial charge in [0.05, 0.1) is 6.42 Å². The number of fused-ring (bicyclic) bond motifs is 1. The second-order valence-corrected chi connectivity index (χ2v) is 5.02. The highest BCUT2D eigenvalue weighted by atomic mass is 19.1. The Morgan fingerprint density at radius 3 is 2.52 bits per heavy atom.